The summed E-state index contributed by atoms with van der Waals surface area (Å²) >= 11 is 0. The number of hydrogen-bond acceptors (Lipinski definition) is 2. The molecule has 1 atom stereocenters. The van der Waals surface area contributed by atoms with Crippen LogP contribution in [0.2, 0.25) is 0 Å². The summed E-state index contributed by atoms with van der Waals surface area (Å²) < 4.78 is 13.1. The van der Waals surface area contributed by atoms with Gasteiger partial charge in [-0.1, -0.05) is 156 Å². The van der Waals surface area contributed by atoms with Gasteiger partial charge in [0.15, 0.2) is 0 Å². The van der Waals surface area contributed by atoms with Gasteiger partial charge in [-0.3, -0.25) is 0 Å². The van der Waals surface area contributed by atoms with Crippen LogP contribution in [0.4, 0.5) is 0 Å². The maximum atomic E-state index is 6.88. The molecule has 3 rings (SSSR count). The zero-order valence-corrected chi connectivity index (χ0v) is 22.5. The fraction of sp³-hybridized carbons (Fsp3) is 0.471. The topological polar surface area (TPSA) is 18.5 Å². The van der Waals surface area contributed by atoms with Crippen LogP contribution < -0.4 is 0 Å². The molecule has 3 aromatic carbocycles. The van der Waals surface area contributed by atoms with Gasteiger partial charge in [0.1, 0.15) is 5.60 Å². The molecule has 0 bridgehead atoms. The van der Waals surface area contributed by atoms with Crippen molar-refractivity contribution in [2.24, 2.45) is 0 Å². The molecule has 2 nitrogen and oxygen atoms in total. The first-order valence-electron chi connectivity index (χ1n) is 14.2. The molecule has 0 saturated carbocycles. The van der Waals surface area contributed by atoms with Gasteiger partial charge < -0.3 is 9.47 Å². The number of benzene rings is 3. The fourth-order valence-corrected chi connectivity index (χ4v) is 4.93. The van der Waals surface area contributed by atoms with Crippen LogP contribution in [0.25, 0.3) is 0 Å². The number of ether oxygens (including phenoxy) is 2. The van der Waals surface area contributed by atoms with Crippen molar-refractivity contribution in [2.45, 2.75) is 89.8 Å². The van der Waals surface area contributed by atoms with Gasteiger partial charge >= 0.3 is 0 Å². The van der Waals surface area contributed by atoms with Crippen molar-refractivity contribution < 1.29 is 9.47 Å². The SMILES string of the molecule is CCCCCCCCCCCCO[C@H](C)COC(c1ccccc1)(c1ccccc1)c1ccccc1. The molecule has 194 valence electrons. The predicted molar refractivity (Wildman–Crippen MR) is 152 cm³/mol. The summed E-state index contributed by atoms with van der Waals surface area (Å²) in [6.45, 7) is 5.73. The van der Waals surface area contributed by atoms with Crippen LogP contribution in [-0.2, 0) is 15.1 Å². The third-order valence-electron chi connectivity index (χ3n) is 6.98. The molecule has 0 radical (unpaired) electrons. The molecule has 36 heavy (non-hydrogen) atoms. The summed E-state index contributed by atoms with van der Waals surface area (Å²) in [6.07, 6.45) is 13.4. The summed E-state index contributed by atoms with van der Waals surface area (Å²) in [5.74, 6) is 0. The predicted octanol–water partition coefficient (Wildman–Crippen LogP) is 9.32. The van der Waals surface area contributed by atoms with Crippen molar-refractivity contribution in [2.75, 3.05) is 13.2 Å². The van der Waals surface area contributed by atoms with Gasteiger partial charge in [-0.2, -0.15) is 0 Å². The van der Waals surface area contributed by atoms with Crippen LogP contribution in [0, 0.1) is 0 Å². The maximum Gasteiger partial charge on any atom is 0.143 e. The molecule has 0 aliphatic heterocycles. The van der Waals surface area contributed by atoms with E-state index >= 15 is 0 Å². The minimum Gasteiger partial charge on any atom is -0.376 e. The van der Waals surface area contributed by atoms with Gasteiger partial charge in [0.05, 0.1) is 12.7 Å². The smallest absolute Gasteiger partial charge is 0.143 e. The van der Waals surface area contributed by atoms with E-state index in [1.165, 1.54) is 57.8 Å². The third kappa shape index (κ3) is 8.61. The fourth-order valence-electron chi connectivity index (χ4n) is 4.93. The second-order valence-corrected chi connectivity index (χ2v) is 9.95. The van der Waals surface area contributed by atoms with Crippen molar-refractivity contribution >= 4 is 0 Å². The Morgan fingerprint density at radius 2 is 0.944 bits per heavy atom. The van der Waals surface area contributed by atoms with E-state index in [0.717, 1.165) is 29.7 Å². The Bertz CT molecular complexity index is 827. The number of unbranched alkanes of at least 4 members (excludes halogenated alkanes) is 9. The van der Waals surface area contributed by atoms with Crippen LogP contribution in [0.3, 0.4) is 0 Å². The Morgan fingerprint density at radius 3 is 1.36 bits per heavy atom. The van der Waals surface area contributed by atoms with E-state index < -0.39 is 5.60 Å². The molecule has 0 heterocycles. The Labute approximate surface area is 220 Å². The molecule has 0 N–H and O–H groups in total. The highest BCUT2D eigenvalue weighted by molar-refractivity contribution is 5.47. The largest absolute Gasteiger partial charge is 0.376 e. The minimum atomic E-state index is -0.682. The van der Waals surface area contributed by atoms with E-state index in [9.17, 15) is 0 Å². The normalized spacial score (nSPS) is 12.5. The maximum absolute atomic E-state index is 6.88. The Kier molecular flexibility index (Phi) is 12.8. The summed E-state index contributed by atoms with van der Waals surface area (Å²) in [7, 11) is 0. The molecule has 0 spiro atoms. The van der Waals surface area contributed by atoms with Crippen LogP contribution in [0.1, 0.15) is 94.7 Å². The molecule has 0 aliphatic carbocycles. The van der Waals surface area contributed by atoms with Gasteiger partial charge in [0.2, 0.25) is 0 Å². The lowest BCUT2D eigenvalue weighted by atomic mass is 9.80. The van der Waals surface area contributed by atoms with E-state index in [0.29, 0.717) is 6.61 Å². The van der Waals surface area contributed by atoms with E-state index in [4.69, 9.17) is 9.47 Å². The minimum absolute atomic E-state index is 0.0269. The van der Waals surface area contributed by atoms with E-state index in [2.05, 4.69) is 105 Å². The molecule has 0 unspecified atom stereocenters. The lowest BCUT2D eigenvalue weighted by Gasteiger charge is -2.36. The molecule has 0 aromatic heterocycles. The van der Waals surface area contributed by atoms with Crippen LogP contribution in [0.15, 0.2) is 91.0 Å². The van der Waals surface area contributed by atoms with Crippen molar-refractivity contribution in [3.63, 3.8) is 0 Å². The van der Waals surface area contributed by atoms with Gasteiger partial charge in [-0.15, -0.1) is 0 Å². The van der Waals surface area contributed by atoms with E-state index in [1.807, 2.05) is 0 Å². The monoisotopic (exact) mass is 486 g/mol. The molecular weight excluding hydrogens is 440 g/mol. The average Bonchev–Trinajstić information content (AvgIpc) is 2.94. The van der Waals surface area contributed by atoms with E-state index in [-0.39, 0.29) is 6.10 Å². The standard InChI is InChI=1S/C34H46O2/c1-3-4-5-6-7-8-9-10-11-21-28-35-30(2)29-36-34(31-22-15-12-16-23-31,32-24-17-13-18-25-32)33-26-19-14-20-27-33/h12-20,22-27,30H,3-11,21,28-29H2,1-2H3/t30-/m1/s1. The summed E-state index contributed by atoms with van der Waals surface area (Å²) in [6, 6.07) is 31.7. The zero-order chi connectivity index (χ0) is 25.3. The van der Waals surface area contributed by atoms with Gasteiger partial charge in [-0.05, 0) is 30.0 Å². The van der Waals surface area contributed by atoms with Crippen LogP contribution in [-0.4, -0.2) is 19.3 Å². The number of rotatable bonds is 18. The van der Waals surface area contributed by atoms with Crippen molar-refractivity contribution in [1.82, 2.24) is 0 Å². The molecule has 0 aliphatic rings. The third-order valence-corrected chi connectivity index (χ3v) is 6.98. The Balaban J connectivity index is 1.54. The lowest BCUT2D eigenvalue weighted by Crippen LogP contribution is -2.35. The average molecular weight is 487 g/mol. The van der Waals surface area contributed by atoms with Gasteiger partial charge in [0, 0.05) is 6.61 Å². The summed E-state index contributed by atoms with van der Waals surface area (Å²) in [5, 5.41) is 0. The van der Waals surface area contributed by atoms with Crippen molar-refractivity contribution in [3.8, 4) is 0 Å². The van der Waals surface area contributed by atoms with Gasteiger partial charge in [-0.25, -0.2) is 0 Å². The second kappa shape index (κ2) is 16.3. The zero-order valence-electron chi connectivity index (χ0n) is 22.5. The molecular formula is C34H46O2. The second-order valence-electron chi connectivity index (χ2n) is 9.95. The van der Waals surface area contributed by atoms with Crippen molar-refractivity contribution in [1.29, 1.82) is 0 Å². The molecule has 0 saturated heterocycles. The van der Waals surface area contributed by atoms with Gasteiger partial charge in [0.25, 0.3) is 0 Å². The highest BCUT2D eigenvalue weighted by Crippen LogP contribution is 2.40. The summed E-state index contributed by atoms with van der Waals surface area (Å²) in [4.78, 5) is 0. The highest BCUT2D eigenvalue weighted by Gasteiger charge is 2.37. The Morgan fingerprint density at radius 1 is 0.556 bits per heavy atom. The quantitative estimate of drug-likeness (QED) is 0.132. The van der Waals surface area contributed by atoms with E-state index in [1.54, 1.807) is 0 Å². The number of hydrogen-bond donors (Lipinski definition) is 0. The van der Waals surface area contributed by atoms with Crippen LogP contribution in [0.5, 0.6) is 0 Å². The van der Waals surface area contributed by atoms with Crippen LogP contribution >= 0.6 is 0 Å². The molecule has 2 heteroatoms. The highest BCUT2D eigenvalue weighted by atomic mass is 16.5. The molecule has 3 aromatic rings. The lowest BCUT2D eigenvalue weighted by molar-refractivity contribution is -0.0587. The summed E-state index contributed by atoms with van der Waals surface area (Å²) in [5.41, 5.74) is 2.70. The first-order chi connectivity index (χ1) is 17.8. The Hall–Kier alpha value is -2.42. The first-order valence-corrected chi connectivity index (χ1v) is 14.2. The molecule has 0 amide bonds. The molecule has 0 fully saturated rings. The van der Waals surface area contributed by atoms with Crippen molar-refractivity contribution in [3.05, 3.63) is 108 Å². The first kappa shape index (κ1) is 28.2.